The van der Waals surface area contributed by atoms with Crippen molar-refractivity contribution in [3.05, 3.63) is 35.4 Å². The highest BCUT2D eigenvalue weighted by Crippen LogP contribution is 2.34. The lowest BCUT2D eigenvalue weighted by Gasteiger charge is -2.23. The first kappa shape index (κ1) is 56.1. The quantitative estimate of drug-likeness (QED) is 0.0335. The van der Waals surface area contributed by atoms with Gasteiger partial charge in [-0.05, 0) is 82.2 Å². The fraction of sp³-hybridized carbons (Fsp3) is 0.755. The lowest BCUT2D eigenvalue weighted by molar-refractivity contribution is -0.138. The Morgan fingerprint density at radius 1 is 0.565 bits per heavy atom. The molecule has 18 nitrogen and oxygen atoms in total. The van der Waals surface area contributed by atoms with Crippen molar-refractivity contribution in [3.8, 4) is 0 Å². The molecule has 0 radical (unpaired) electrons. The number of nitrogens with zero attached hydrogens (tertiary/aromatic N) is 1. The van der Waals surface area contributed by atoms with Gasteiger partial charge in [-0.1, -0.05) is 50.7 Å². The molecule has 4 aliphatic heterocycles. The summed E-state index contributed by atoms with van der Waals surface area (Å²) in [6.45, 7) is 6.43. The smallest absolute Gasteiger partial charge is 0.315 e. The van der Waals surface area contributed by atoms with Crippen molar-refractivity contribution in [1.82, 2.24) is 42.1 Å². The van der Waals surface area contributed by atoms with Crippen LogP contribution in [0.3, 0.4) is 0 Å². The van der Waals surface area contributed by atoms with E-state index in [9.17, 15) is 28.8 Å². The van der Waals surface area contributed by atoms with E-state index >= 15 is 0 Å². The monoisotopic (exact) mass is 1000 g/mol. The van der Waals surface area contributed by atoms with Crippen molar-refractivity contribution in [2.24, 2.45) is 0 Å². The number of hydrogen-bond donors (Lipinski definition) is 8. The van der Waals surface area contributed by atoms with Crippen molar-refractivity contribution in [2.45, 2.75) is 150 Å². The Labute approximate surface area is 417 Å². The van der Waals surface area contributed by atoms with Gasteiger partial charge in [0.1, 0.15) is 0 Å². The van der Waals surface area contributed by atoms with Gasteiger partial charge in [-0.2, -0.15) is 23.5 Å². The van der Waals surface area contributed by atoms with E-state index in [0.29, 0.717) is 81.6 Å². The summed E-state index contributed by atoms with van der Waals surface area (Å²) in [5.74, 6) is 1.09. The second kappa shape index (κ2) is 32.9. The molecule has 6 atom stereocenters. The van der Waals surface area contributed by atoms with Crippen LogP contribution in [0.2, 0.25) is 0 Å². The van der Waals surface area contributed by atoms with Crippen LogP contribution in [0.5, 0.6) is 0 Å². The van der Waals surface area contributed by atoms with Gasteiger partial charge >= 0.3 is 18.0 Å². The summed E-state index contributed by atoms with van der Waals surface area (Å²) in [4.78, 5) is 74.1. The van der Waals surface area contributed by atoms with Gasteiger partial charge in [0.15, 0.2) is 0 Å². The summed E-state index contributed by atoms with van der Waals surface area (Å²) in [6.07, 6.45) is 15.1. The number of fused-ring (bicyclic) bond motifs is 2. The van der Waals surface area contributed by atoms with Gasteiger partial charge < -0.3 is 56.5 Å². The number of urea groups is 2. The molecule has 8 N–H and O–H groups in total. The van der Waals surface area contributed by atoms with Crippen molar-refractivity contribution >= 4 is 59.3 Å². The number of ether oxygens (including phenoxy) is 3. The Hall–Kier alpha value is -3.82. The number of aliphatic carboxylic acids is 1. The molecule has 1 aromatic rings. The topological polar surface area (TPSA) is 238 Å². The van der Waals surface area contributed by atoms with E-state index in [4.69, 9.17) is 19.3 Å². The van der Waals surface area contributed by atoms with Gasteiger partial charge in [0.05, 0.1) is 70.2 Å². The zero-order valence-corrected chi connectivity index (χ0v) is 42.2. The predicted molar refractivity (Wildman–Crippen MR) is 270 cm³/mol. The number of carbonyl (C=O) groups is 6. The van der Waals surface area contributed by atoms with Crippen LogP contribution in [0, 0.1) is 0 Å². The van der Waals surface area contributed by atoms with Crippen molar-refractivity contribution in [1.29, 1.82) is 0 Å². The largest absolute Gasteiger partial charge is 0.481 e. The third-order valence-electron chi connectivity index (χ3n) is 13.0. The van der Waals surface area contributed by atoms with E-state index in [-0.39, 0.29) is 67.0 Å². The predicted octanol–water partition coefficient (Wildman–Crippen LogP) is 4.55. The van der Waals surface area contributed by atoms with E-state index in [1.165, 1.54) is 0 Å². The molecular formula is C49H80N8O10S2. The highest BCUT2D eigenvalue weighted by atomic mass is 32.2. The number of thioether (sulfide) groups is 2. The summed E-state index contributed by atoms with van der Waals surface area (Å²) in [5, 5.41) is 30.6. The highest BCUT2D eigenvalue weighted by Gasteiger charge is 2.43. The number of amides is 7. The first-order valence-electron chi connectivity index (χ1n) is 25.6. The first-order chi connectivity index (χ1) is 33.6. The minimum atomic E-state index is -0.894. The van der Waals surface area contributed by atoms with Crippen LogP contribution in [0.25, 0.3) is 0 Å². The molecule has 388 valence electrons. The number of unbranched alkanes of at least 4 members (excludes halogenated alkanes) is 8. The zero-order valence-electron chi connectivity index (χ0n) is 40.6. The molecule has 0 spiro atoms. The van der Waals surface area contributed by atoms with Crippen molar-refractivity contribution in [2.75, 3.05) is 83.9 Å². The van der Waals surface area contributed by atoms with Crippen LogP contribution < -0.4 is 37.2 Å². The Bertz CT molecular complexity index is 1640. The average molecular weight is 1010 g/mol. The summed E-state index contributed by atoms with van der Waals surface area (Å²) in [6, 6.07) is 8.56. The molecule has 69 heavy (non-hydrogen) atoms. The summed E-state index contributed by atoms with van der Waals surface area (Å²) in [7, 11) is 0. The van der Waals surface area contributed by atoms with Gasteiger partial charge in [-0.3, -0.25) is 24.1 Å². The Morgan fingerprint density at radius 2 is 1.06 bits per heavy atom. The standard InChI is InChI=1S/C49H80N8O10S2/c58-42(15-7-5-13-40-45-38(34-68-40)53-48(63)55-45)50-22-9-1-3-11-25-57(26-12-4-2-10-23-51-43(59)16-8-6-14-41-46-39(35-69-41)54-49(64)56-46)33-36-17-19-37(20-18-36)47(62)52-24-28-66-30-32-67-31-29-65-27-21-44(60)61/h17-20,38-41,45-46H,1-16,21-35H2,(H,50,58)(H,51,59)(H,52,62)(H,60,61)(H2,53,55,63)(H2,54,56,64)/t38-,39-,40-,41-,45-,46-/m0/s1. The van der Waals surface area contributed by atoms with Crippen molar-refractivity contribution < 1.29 is 48.1 Å². The maximum Gasteiger partial charge on any atom is 0.315 e. The molecule has 0 bridgehead atoms. The van der Waals surface area contributed by atoms with Gasteiger partial charge in [0, 0.05) is 66.6 Å². The summed E-state index contributed by atoms with van der Waals surface area (Å²) < 4.78 is 16.1. The van der Waals surface area contributed by atoms with Crippen LogP contribution in [-0.4, -0.2) is 164 Å². The molecule has 0 aromatic heterocycles. The van der Waals surface area contributed by atoms with Crippen LogP contribution in [0.4, 0.5) is 9.59 Å². The number of carbonyl (C=O) groups excluding carboxylic acids is 5. The van der Waals surface area contributed by atoms with Crippen LogP contribution in [0.15, 0.2) is 24.3 Å². The molecule has 5 rings (SSSR count). The van der Waals surface area contributed by atoms with E-state index in [0.717, 1.165) is 127 Å². The normalized spacial score (nSPS) is 21.3. The Morgan fingerprint density at radius 3 is 1.58 bits per heavy atom. The molecule has 0 saturated carbocycles. The fourth-order valence-corrected chi connectivity index (χ4v) is 12.2. The number of rotatable bonds is 39. The lowest BCUT2D eigenvalue weighted by Crippen LogP contribution is -2.36. The van der Waals surface area contributed by atoms with Gasteiger partial charge in [-0.25, -0.2) is 9.59 Å². The zero-order chi connectivity index (χ0) is 48.9. The molecule has 4 saturated heterocycles. The van der Waals surface area contributed by atoms with Gasteiger partial charge in [-0.15, -0.1) is 0 Å². The Kier molecular flexibility index (Phi) is 26.8. The van der Waals surface area contributed by atoms with Crippen LogP contribution >= 0.6 is 23.5 Å². The summed E-state index contributed by atoms with van der Waals surface area (Å²) >= 11 is 3.83. The van der Waals surface area contributed by atoms with E-state index < -0.39 is 5.97 Å². The molecule has 0 unspecified atom stereocenters. The second-order valence-corrected chi connectivity index (χ2v) is 21.0. The maximum atomic E-state index is 12.8. The number of carboxylic acid groups (broad SMARTS) is 1. The maximum absolute atomic E-state index is 12.8. The minimum absolute atomic E-state index is 0.0317. The van der Waals surface area contributed by atoms with Crippen LogP contribution in [-0.2, 0) is 35.1 Å². The first-order valence-corrected chi connectivity index (χ1v) is 27.7. The lowest BCUT2D eigenvalue weighted by atomic mass is 10.0. The molecule has 4 aliphatic rings. The molecule has 0 aliphatic carbocycles. The summed E-state index contributed by atoms with van der Waals surface area (Å²) in [5.41, 5.74) is 1.74. The third-order valence-corrected chi connectivity index (χ3v) is 16.0. The fourth-order valence-electron chi connectivity index (χ4n) is 9.14. The molecule has 7 amide bonds. The SMILES string of the molecule is O=C(O)CCOCCOCCOCCNC(=O)c1ccc(CN(CCCCCCNC(=O)CCCC[C@@H]2SC[C@@H]3NC(=O)N[C@@H]32)CCCCCCNC(=O)CCCC[C@@H]2SC[C@@H]3NC(=O)N[C@@H]32)cc1. The number of carboxylic acids is 1. The minimum Gasteiger partial charge on any atom is -0.481 e. The van der Waals surface area contributed by atoms with Gasteiger partial charge in [0.2, 0.25) is 11.8 Å². The molecule has 4 fully saturated rings. The molecular weight excluding hydrogens is 925 g/mol. The highest BCUT2D eigenvalue weighted by molar-refractivity contribution is 8.00. The molecule has 20 heteroatoms. The molecule has 1 aromatic carbocycles. The second-order valence-electron chi connectivity index (χ2n) is 18.5. The average Bonchev–Trinajstić information content (AvgIpc) is 4.10. The Balaban J connectivity index is 0.916. The number of hydrogen-bond acceptors (Lipinski definition) is 12. The third kappa shape index (κ3) is 22.4. The number of benzene rings is 1. The number of nitrogens with one attached hydrogen (secondary N) is 7. The van der Waals surface area contributed by atoms with Crippen molar-refractivity contribution in [3.63, 3.8) is 0 Å². The van der Waals surface area contributed by atoms with E-state index in [2.05, 4.69) is 42.1 Å². The van der Waals surface area contributed by atoms with E-state index in [1.54, 1.807) is 0 Å². The van der Waals surface area contributed by atoms with E-state index in [1.807, 2.05) is 47.8 Å². The van der Waals surface area contributed by atoms with Gasteiger partial charge in [0.25, 0.3) is 5.91 Å². The molecule has 4 heterocycles. The van der Waals surface area contributed by atoms with Crippen LogP contribution in [0.1, 0.15) is 125 Å².